The number of carbonyl (C=O) groups excluding carboxylic acids is 10. The Morgan fingerprint density at radius 2 is 0.459 bits per heavy atom. The Labute approximate surface area is 438 Å². The van der Waals surface area contributed by atoms with E-state index in [0.717, 1.165) is 6.42 Å². The number of likely N-dealkylation sites (tertiary alicyclic amines) is 10. The van der Waals surface area contributed by atoms with Crippen LogP contribution >= 0.6 is 12.2 Å². The highest BCUT2D eigenvalue weighted by atomic mass is 32.1. The van der Waals surface area contributed by atoms with E-state index in [2.05, 4.69) is 0 Å². The van der Waals surface area contributed by atoms with Crippen LogP contribution in [0.2, 0.25) is 0 Å². The second-order valence-corrected chi connectivity index (χ2v) is 22.9. The summed E-state index contributed by atoms with van der Waals surface area (Å²) in [5.74, 6) is -2.60. The summed E-state index contributed by atoms with van der Waals surface area (Å²) in [5.41, 5.74) is 5.63. The molecule has 0 spiro atoms. The van der Waals surface area contributed by atoms with Gasteiger partial charge in [0.2, 0.25) is 59.1 Å². The number of nitrogens with two attached hydrogens (primary N) is 1. The van der Waals surface area contributed by atoms with Gasteiger partial charge in [-0.05, 0) is 128 Å². The molecule has 0 radical (unpaired) electrons. The Morgan fingerprint density at radius 3 is 0.716 bits per heavy atom. The molecular formula is C52H75N11O10S. The molecule has 10 aliphatic heterocycles. The first kappa shape index (κ1) is 52.0. The minimum absolute atomic E-state index is 0.160. The zero-order valence-corrected chi connectivity index (χ0v) is 43.8. The monoisotopic (exact) mass is 1050 g/mol. The third kappa shape index (κ3) is 9.40. The van der Waals surface area contributed by atoms with Crippen molar-refractivity contribution in [2.24, 2.45) is 5.73 Å². The first-order valence-electron chi connectivity index (χ1n) is 28.0. The van der Waals surface area contributed by atoms with Gasteiger partial charge in [-0.2, -0.15) is 0 Å². The first-order chi connectivity index (χ1) is 35.7. The van der Waals surface area contributed by atoms with E-state index in [4.69, 9.17) is 18.0 Å². The third-order valence-electron chi connectivity index (χ3n) is 18.4. The van der Waals surface area contributed by atoms with Gasteiger partial charge in [0, 0.05) is 72.4 Å². The Hall–Kier alpha value is -5.41. The third-order valence-corrected chi connectivity index (χ3v) is 18.9. The maximum Gasteiger partial charge on any atom is 0.246 e. The number of nitrogens with zero attached hydrogens (tertiary/aromatic N) is 10. The predicted molar refractivity (Wildman–Crippen MR) is 270 cm³/mol. The van der Waals surface area contributed by atoms with Gasteiger partial charge in [0.05, 0.1) is 6.04 Å². The number of thiocarbonyl (C=S) groups is 1. The molecule has 0 bridgehead atoms. The van der Waals surface area contributed by atoms with Crippen molar-refractivity contribution in [3.8, 4) is 0 Å². The van der Waals surface area contributed by atoms with E-state index < -0.39 is 66.3 Å². The Balaban J connectivity index is 0.768. The van der Waals surface area contributed by atoms with Crippen molar-refractivity contribution in [1.29, 1.82) is 0 Å². The SMILES string of the molecule is CC(=O)N1CCC[C@H]1C(=O)N1CCC[C@H]1C(=O)N1CCC[C@H]1C(=O)N1CCC[C@H]1C(=O)N1CCC[C@H]1C(=O)N1CCC[C@H]1C(=S)N1CCCC1C(=O)N1CCCC1C(=O)N1CCC[C@H]1C(=O)N1CCC[C@H]1C(N)=O. The van der Waals surface area contributed by atoms with E-state index in [9.17, 15) is 47.9 Å². The summed E-state index contributed by atoms with van der Waals surface area (Å²) in [7, 11) is 0. The molecule has 10 aliphatic rings. The van der Waals surface area contributed by atoms with Crippen LogP contribution in [0.4, 0.5) is 0 Å². The van der Waals surface area contributed by atoms with E-state index in [1.165, 1.54) is 11.8 Å². The Morgan fingerprint density at radius 1 is 0.284 bits per heavy atom. The predicted octanol–water partition coefficient (Wildman–Crippen LogP) is 0.202. The quantitative estimate of drug-likeness (QED) is 0.290. The largest absolute Gasteiger partial charge is 0.368 e. The number of rotatable bonds is 10. The van der Waals surface area contributed by atoms with Gasteiger partial charge in [0.15, 0.2) is 0 Å². The van der Waals surface area contributed by atoms with Crippen molar-refractivity contribution < 1.29 is 47.9 Å². The minimum Gasteiger partial charge on any atom is -0.368 e. The smallest absolute Gasteiger partial charge is 0.246 e. The number of amides is 10. The van der Waals surface area contributed by atoms with Gasteiger partial charge < -0.3 is 54.7 Å². The average molecular weight is 1050 g/mol. The van der Waals surface area contributed by atoms with Crippen molar-refractivity contribution in [3.63, 3.8) is 0 Å². The summed E-state index contributed by atoms with van der Waals surface area (Å²) in [6.45, 7) is 5.69. The number of hydrogen-bond donors (Lipinski definition) is 1. The van der Waals surface area contributed by atoms with Gasteiger partial charge in [-0.15, -0.1) is 0 Å². The lowest BCUT2D eigenvalue weighted by Crippen LogP contribution is -2.59. The fraction of sp³-hybridized carbons (Fsp3) is 0.788. The summed E-state index contributed by atoms with van der Waals surface area (Å²) >= 11 is 6.22. The summed E-state index contributed by atoms with van der Waals surface area (Å²) in [6, 6.07) is -6.74. The minimum atomic E-state index is -0.776. The van der Waals surface area contributed by atoms with E-state index in [1.54, 1.807) is 39.2 Å². The van der Waals surface area contributed by atoms with Crippen LogP contribution in [0.15, 0.2) is 0 Å². The molecule has 74 heavy (non-hydrogen) atoms. The summed E-state index contributed by atoms with van der Waals surface area (Å²) in [5, 5.41) is 0. The normalized spacial score (nSPS) is 32.2. The number of hydrogen-bond acceptors (Lipinski definition) is 11. The standard InChI is InChI=1S/C52H75N11O10S/c1-32(64)54-22-3-13-34(54)44(66)56-24-5-15-36(56)46(68)58-26-6-16-37(58)47(69)59-27-7-17-38(59)48(70)60-28-9-19-40(60)50(72)62-30-11-21-42(62)52(74)63-31-10-20-41(63)51(73)61-29-8-18-39(61)49(71)57-25-4-14-35(57)45(67)55-23-2-12-33(55)43(53)65/h33-42H,2-31H2,1H3,(H2,53,65)/t33-,34-,35-,36-,37-,38-,39?,40-,41?,42-/m0/s1. The molecule has 0 saturated carbocycles. The molecule has 2 N–H and O–H groups in total. The lowest BCUT2D eigenvalue weighted by molar-refractivity contribution is -0.154. The maximum absolute atomic E-state index is 14.8. The van der Waals surface area contributed by atoms with Crippen LogP contribution in [0, 0.1) is 0 Å². The molecule has 10 amide bonds. The van der Waals surface area contributed by atoms with E-state index in [1.807, 2.05) is 4.90 Å². The zero-order chi connectivity index (χ0) is 52.1. The lowest BCUT2D eigenvalue weighted by atomic mass is 10.1. The van der Waals surface area contributed by atoms with Crippen LogP contribution in [-0.2, 0) is 47.9 Å². The lowest BCUT2D eigenvalue weighted by Gasteiger charge is -2.38. The second kappa shape index (κ2) is 21.7. The zero-order valence-electron chi connectivity index (χ0n) is 43.0. The van der Waals surface area contributed by atoms with E-state index in [-0.39, 0.29) is 53.2 Å². The summed E-state index contributed by atoms with van der Waals surface area (Å²) < 4.78 is 0. The number of carbonyl (C=O) groups is 10. The highest BCUT2D eigenvalue weighted by Crippen LogP contribution is 2.36. The van der Waals surface area contributed by atoms with Crippen molar-refractivity contribution in [2.45, 2.75) is 196 Å². The second-order valence-electron chi connectivity index (χ2n) is 22.5. The molecule has 0 aromatic heterocycles. The van der Waals surface area contributed by atoms with E-state index in [0.29, 0.717) is 192 Å². The highest BCUT2D eigenvalue weighted by Gasteiger charge is 2.52. The molecule has 10 atom stereocenters. The van der Waals surface area contributed by atoms with Crippen LogP contribution in [0.25, 0.3) is 0 Å². The fourth-order valence-corrected chi connectivity index (χ4v) is 15.2. The van der Waals surface area contributed by atoms with Crippen molar-refractivity contribution in [2.75, 3.05) is 65.4 Å². The molecular weight excluding hydrogens is 971 g/mol. The molecule has 0 aromatic carbocycles. The first-order valence-corrected chi connectivity index (χ1v) is 28.4. The van der Waals surface area contributed by atoms with Gasteiger partial charge in [-0.25, -0.2) is 0 Å². The van der Waals surface area contributed by atoms with Crippen LogP contribution in [0.1, 0.15) is 135 Å². The molecule has 21 nitrogen and oxygen atoms in total. The molecule has 2 unspecified atom stereocenters. The molecule has 22 heteroatoms. The molecule has 10 heterocycles. The molecule has 10 rings (SSSR count). The molecule has 0 aromatic rings. The topological polar surface area (TPSA) is 229 Å². The van der Waals surface area contributed by atoms with Crippen molar-refractivity contribution in [1.82, 2.24) is 49.0 Å². The van der Waals surface area contributed by atoms with Crippen molar-refractivity contribution >= 4 is 76.3 Å². The maximum atomic E-state index is 14.8. The summed E-state index contributed by atoms with van der Waals surface area (Å²) in [4.78, 5) is 157. The van der Waals surface area contributed by atoms with Crippen LogP contribution < -0.4 is 5.73 Å². The van der Waals surface area contributed by atoms with Crippen LogP contribution in [0.3, 0.4) is 0 Å². The number of primary amides is 1. The average Bonchev–Trinajstić information content (AvgIpc) is 4.25. The van der Waals surface area contributed by atoms with Gasteiger partial charge in [-0.3, -0.25) is 47.9 Å². The van der Waals surface area contributed by atoms with Gasteiger partial charge >= 0.3 is 0 Å². The van der Waals surface area contributed by atoms with Gasteiger partial charge in [-0.1, -0.05) is 12.2 Å². The van der Waals surface area contributed by atoms with Crippen molar-refractivity contribution in [3.05, 3.63) is 0 Å². The Bertz CT molecular complexity index is 2170. The van der Waals surface area contributed by atoms with E-state index >= 15 is 0 Å². The fourth-order valence-electron chi connectivity index (χ4n) is 14.7. The van der Waals surface area contributed by atoms with Gasteiger partial charge in [0.1, 0.15) is 59.4 Å². The van der Waals surface area contributed by atoms with Crippen LogP contribution in [-0.4, -0.2) is 239 Å². The van der Waals surface area contributed by atoms with Crippen LogP contribution in [0.5, 0.6) is 0 Å². The van der Waals surface area contributed by atoms with Gasteiger partial charge in [0.25, 0.3) is 0 Å². The molecule has 0 aliphatic carbocycles. The Kier molecular flexibility index (Phi) is 15.2. The molecule has 404 valence electrons. The molecule has 10 saturated heterocycles. The summed E-state index contributed by atoms with van der Waals surface area (Å²) in [6.07, 6.45) is 11.6. The highest BCUT2D eigenvalue weighted by molar-refractivity contribution is 7.80. The molecule has 10 fully saturated rings.